The molecule has 1 amide bonds. The van der Waals surface area contributed by atoms with Gasteiger partial charge in [-0.25, -0.2) is 13.1 Å². The molecule has 0 radical (unpaired) electrons. The zero-order chi connectivity index (χ0) is 23.8. The molecule has 4 nitrogen and oxygen atoms in total. The normalized spacial score (nSPS) is 12.6. The number of hydrogen-bond acceptors (Lipinski definition) is 3. The lowest BCUT2D eigenvalue weighted by molar-refractivity contribution is -0.114. The maximum absolute atomic E-state index is 12.0. The van der Waals surface area contributed by atoms with E-state index in [9.17, 15) is 13.2 Å². The van der Waals surface area contributed by atoms with E-state index in [0.717, 1.165) is 23.1 Å². The molecule has 1 N–H and O–H groups in total. The number of allylic oxidation sites excluding steroid dienone is 1. The van der Waals surface area contributed by atoms with E-state index in [2.05, 4.69) is 35.9 Å². The number of benzene rings is 3. The number of nitrogens with one attached hydrogen (secondary N) is 1. The topological polar surface area (TPSA) is 63.2 Å². The van der Waals surface area contributed by atoms with E-state index in [-0.39, 0.29) is 0 Å². The summed E-state index contributed by atoms with van der Waals surface area (Å²) in [4.78, 5) is 12.0. The van der Waals surface area contributed by atoms with Crippen molar-refractivity contribution in [3.8, 4) is 0 Å². The smallest absolute Gasteiger partial charge is 0.257 e. The third-order valence-corrected chi connectivity index (χ3v) is 7.06. The van der Waals surface area contributed by atoms with Crippen molar-refractivity contribution >= 4 is 33.2 Å². The Hall–Kier alpha value is -3.44. The summed E-state index contributed by atoms with van der Waals surface area (Å²) in [7, 11) is -3.65. The molecular formula is C28H29NO3S. The van der Waals surface area contributed by atoms with E-state index >= 15 is 0 Å². The molecule has 0 atom stereocenters. The number of carbonyl (C=O) groups is 1. The minimum Gasteiger partial charge on any atom is -0.269 e. The predicted molar refractivity (Wildman–Crippen MR) is 137 cm³/mol. The van der Waals surface area contributed by atoms with Gasteiger partial charge in [0.15, 0.2) is 0 Å². The molecule has 0 aliphatic rings. The van der Waals surface area contributed by atoms with Gasteiger partial charge in [0.05, 0.1) is 5.25 Å². The van der Waals surface area contributed by atoms with Crippen molar-refractivity contribution in [3.05, 3.63) is 113 Å². The highest BCUT2D eigenvalue weighted by atomic mass is 32.2. The van der Waals surface area contributed by atoms with Gasteiger partial charge in [-0.3, -0.25) is 4.79 Å². The van der Waals surface area contributed by atoms with Gasteiger partial charge in [-0.05, 0) is 59.7 Å². The van der Waals surface area contributed by atoms with Crippen LogP contribution in [-0.2, 0) is 14.8 Å². The first-order valence-corrected chi connectivity index (χ1v) is 12.5. The summed E-state index contributed by atoms with van der Waals surface area (Å²) in [6, 6.07) is 28.6. The highest BCUT2D eigenvalue weighted by Gasteiger charge is 2.17. The number of sulfonamides is 1. The molecule has 33 heavy (non-hydrogen) atoms. The molecule has 0 spiro atoms. The Morgan fingerprint density at radius 2 is 1.33 bits per heavy atom. The summed E-state index contributed by atoms with van der Waals surface area (Å²) in [5, 5.41) is -0.672. The van der Waals surface area contributed by atoms with Gasteiger partial charge in [0, 0.05) is 6.08 Å². The van der Waals surface area contributed by atoms with Gasteiger partial charge < -0.3 is 0 Å². The van der Waals surface area contributed by atoms with Crippen LogP contribution in [-0.4, -0.2) is 19.6 Å². The van der Waals surface area contributed by atoms with Crippen molar-refractivity contribution in [2.75, 3.05) is 0 Å². The van der Waals surface area contributed by atoms with Crippen LogP contribution in [0.1, 0.15) is 49.4 Å². The van der Waals surface area contributed by atoms with Crippen LogP contribution in [0.15, 0.2) is 91.0 Å². The van der Waals surface area contributed by atoms with Crippen LogP contribution in [0.3, 0.4) is 0 Å². The second-order valence-electron chi connectivity index (χ2n) is 7.95. The first kappa shape index (κ1) is 24.2. The molecule has 3 aromatic carbocycles. The highest BCUT2D eigenvalue weighted by molar-refractivity contribution is 7.90. The quantitative estimate of drug-likeness (QED) is 0.336. The van der Waals surface area contributed by atoms with Crippen molar-refractivity contribution in [1.82, 2.24) is 4.72 Å². The van der Waals surface area contributed by atoms with Gasteiger partial charge in [0.2, 0.25) is 10.0 Å². The summed E-state index contributed by atoms with van der Waals surface area (Å²) in [6.07, 6.45) is 3.73. The Balaban J connectivity index is 1.94. The minimum absolute atomic E-state index is 0.657. The van der Waals surface area contributed by atoms with Crippen molar-refractivity contribution in [3.63, 3.8) is 0 Å². The lowest BCUT2D eigenvalue weighted by Gasteiger charge is -2.16. The van der Waals surface area contributed by atoms with Gasteiger partial charge in [-0.15, -0.1) is 0 Å². The third-order valence-electron chi connectivity index (χ3n) is 5.33. The van der Waals surface area contributed by atoms with Crippen LogP contribution >= 0.6 is 0 Å². The van der Waals surface area contributed by atoms with Gasteiger partial charge >= 0.3 is 0 Å². The lowest BCUT2D eigenvalue weighted by Crippen LogP contribution is -2.34. The fraction of sp³-hybridized carbons (Fsp3) is 0.179. The number of carbonyl (C=O) groups excluding carboxylic acids is 1. The first-order chi connectivity index (χ1) is 15.8. The average molecular weight is 460 g/mol. The Bertz CT molecular complexity index is 1240. The minimum atomic E-state index is -3.65. The Morgan fingerprint density at radius 3 is 1.85 bits per heavy atom. The predicted octanol–water partition coefficient (Wildman–Crippen LogP) is 5.92. The van der Waals surface area contributed by atoms with Crippen LogP contribution in [0.25, 0.3) is 17.2 Å². The average Bonchev–Trinajstić information content (AvgIpc) is 2.82. The van der Waals surface area contributed by atoms with E-state index in [0.29, 0.717) is 0 Å². The van der Waals surface area contributed by atoms with Crippen molar-refractivity contribution in [1.29, 1.82) is 0 Å². The van der Waals surface area contributed by atoms with Crippen LogP contribution < -0.4 is 4.72 Å². The molecule has 0 aliphatic carbocycles. The van der Waals surface area contributed by atoms with E-state index in [4.69, 9.17) is 0 Å². The SMILES string of the molecule is CCC(=C(c1ccccc1)c1ccc(C=CC(=O)NS(=O)(=O)C(C)C)cc1)c1ccccc1. The molecule has 0 bridgehead atoms. The second-order valence-corrected chi connectivity index (χ2v) is 10.2. The summed E-state index contributed by atoms with van der Waals surface area (Å²) in [6.45, 7) is 5.21. The molecule has 0 saturated heterocycles. The molecule has 3 aromatic rings. The number of amides is 1. The largest absolute Gasteiger partial charge is 0.269 e. The standard InChI is InChI=1S/C28H29NO3S/c1-4-26(23-11-7-5-8-12-23)28(24-13-9-6-10-14-24)25-18-15-22(16-19-25)17-20-27(30)29-33(31,32)21(2)3/h5-21H,4H2,1-3H3,(H,29,30). The molecule has 5 heteroatoms. The zero-order valence-electron chi connectivity index (χ0n) is 19.2. The third kappa shape index (κ3) is 6.30. The maximum atomic E-state index is 12.0. The summed E-state index contributed by atoms with van der Waals surface area (Å²) in [5.74, 6) is -0.657. The Labute approximate surface area is 196 Å². The molecule has 0 aliphatic heterocycles. The molecule has 0 saturated carbocycles. The van der Waals surface area contributed by atoms with Gasteiger partial charge in [-0.1, -0.05) is 91.9 Å². The van der Waals surface area contributed by atoms with Crippen LogP contribution in [0.5, 0.6) is 0 Å². The lowest BCUT2D eigenvalue weighted by atomic mass is 9.88. The summed E-state index contributed by atoms with van der Waals surface area (Å²) < 4.78 is 25.7. The molecule has 0 heterocycles. The van der Waals surface area contributed by atoms with Gasteiger partial charge in [0.1, 0.15) is 0 Å². The summed E-state index contributed by atoms with van der Waals surface area (Å²) >= 11 is 0. The molecule has 170 valence electrons. The fourth-order valence-corrected chi connectivity index (χ4v) is 4.09. The van der Waals surface area contributed by atoms with Crippen molar-refractivity contribution < 1.29 is 13.2 Å². The van der Waals surface area contributed by atoms with Crippen molar-refractivity contribution in [2.24, 2.45) is 0 Å². The monoisotopic (exact) mass is 459 g/mol. The molecule has 0 aromatic heterocycles. The van der Waals surface area contributed by atoms with E-state index in [1.54, 1.807) is 6.08 Å². The van der Waals surface area contributed by atoms with Crippen LogP contribution in [0.4, 0.5) is 0 Å². The van der Waals surface area contributed by atoms with Crippen LogP contribution in [0, 0.1) is 0 Å². The zero-order valence-corrected chi connectivity index (χ0v) is 20.0. The number of hydrogen-bond donors (Lipinski definition) is 1. The molecule has 3 rings (SSSR count). The van der Waals surface area contributed by atoms with Crippen molar-refractivity contribution in [2.45, 2.75) is 32.4 Å². The van der Waals surface area contributed by atoms with E-state index < -0.39 is 21.2 Å². The molecule has 0 unspecified atom stereocenters. The molecular weight excluding hydrogens is 430 g/mol. The van der Waals surface area contributed by atoms with Gasteiger partial charge in [-0.2, -0.15) is 0 Å². The number of rotatable bonds is 8. The van der Waals surface area contributed by atoms with Crippen LogP contribution in [0.2, 0.25) is 0 Å². The fourth-order valence-electron chi connectivity index (χ4n) is 3.51. The highest BCUT2D eigenvalue weighted by Crippen LogP contribution is 2.34. The first-order valence-electron chi connectivity index (χ1n) is 11.0. The maximum Gasteiger partial charge on any atom is 0.257 e. The Kier molecular flexibility index (Phi) is 8.01. The second kappa shape index (κ2) is 10.9. The van der Waals surface area contributed by atoms with E-state index in [1.165, 1.54) is 36.6 Å². The van der Waals surface area contributed by atoms with E-state index in [1.807, 2.05) is 60.7 Å². The Morgan fingerprint density at radius 1 is 0.818 bits per heavy atom. The van der Waals surface area contributed by atoms with Gasteiger partial charge in [0.25, 0.3) is 5.91 Å². The molecule has 0 fully saturated rings. The summed E-state index contributed by atoms with van der Waals surface area (Å²) in [5.41, 5.74) is 6.63.